The monoisotopic (exact) mass is 268 g/mol. The van der Waals surface area contributed by atoms with Crippen LogP contribution in [-0.2, 0) is 0 Å². The smallest absolute Gasteiger partial charge is 0.260 e. The van der Waals surface area contributed by atoms with Crippen molar-refractivity contribution in [2.24, 2.45) is 0 Å². The average Bonchev–Trinajstić information content (AvgIpc) is 2.45. The molecule has 0 aliphatic heterocycles. The maximum atomic E-state index is 12.7. The standard InChI is InChI=1S/C17H20N2O/c1-12-6-5-7-14(10-12)19(4)17(20)15-11-13(2)8-9-16(15)18-3/h5-11,18H,1-4H3. The molecule has 0 radical (unpaired) electrons. The molecule has 0 bridgehead atoms. The summed E-state index contributed by atoms with van der Waals surface area (Å²) in [7, 11) is 3.63. The quantitative estimate of drug-likeness (QED) is 0.922. The molecule has 0 aliphatic rings. The number of carbonyl (C=O) groups is 1. The second-order valence-electron chi connectivity index (χ2n) is 5.00. The Kier molecular flexibility index (Phi) is 4.08. The van der Waals surface area contributed by atoms with Gasteiger partial charge in [-0.25, -0.2) is 0 Å². The predicted molar refractivity (Wildman–Crippen MR) is 84.6 cm³/mol. The minimum absolute atomic E-state index is 0.0105. The van der Waals surface area contributed by atoms with Gasteiger partial charge >= 0.3 is 0 Å². The van der Waals surface area contributed by atoms with Crippen LogP contribution in [0.1, 0.15) is 21.5 Å². The Morgan fingerprint density at radius 1 is 1.05 bits per heavy atom. The second kappa shape index (κ2) is 5.78. The molecule has 20 heavy (non-hydrogen) atoms. The van der Waals surface area contributed by atoms with Gasteiger partial charge in [0.25, 0.3) is 5.91 Å². The molecule has 0 fully saturated rings. The number of aryl methyl sites for hydroxylation is 2. The van der Waals surface area contributed by atoms with Crippen LogP contribution in [0.2, 0.25) is 0 Å². The molecule has 0 unspecified atom stereocenters. The van der Waals surface area contributed by atoms with Gasteiger partial charge in [-0.3, -0.25) is 4.79 Å². The lowest BCUT2D eigenvalue weighted by molar-refractivity contribution is 0.0993. The van der Waals surface area contributed by atoms with Crippen molar-refractivity contribution in [2.45, 2.75) is 13.8 Å². The summed E-state index contributed by atoms with van der Waals surface area (Å²) < 4.78 is 0. The Bertz CT molecular complexity index is 635. The van der Waals surface area contributed by atoms with Crippen LogP contribution in [0.15, 0.2) is 42.5 Å². The Balaban J connectivity index is 2.38. The van der Waals surface area contributed by atoms with Crippen LogP contribution >= 0.6 is 0 Å². The van der Waals surface area contributed by atoms with Gasteiger partial charge in [-0.05, 0) is 43.7 Å². The zero-order valence-corrected chi connectivity index (χ0v) is 12.4. The summed E-state index contributed by atoms with van der Waals surface area (Å²) in [5.41, 5.74) is 4.65. The molecule has 3 heteroatoms. The highest BCUT2D eigenvalue weighted by Gasteiger charge is 2.17. The molecule has 0 aromatic heterocycles. The summed E-state index contributed by atoms with van der Waals surface area (Å²) in [4.78, 5) is 14.4. The molecule has 104 valence electrons. The number of hydrogen-bond acceptors (Lipinski definition) is 2. The molecule has 1 N–H and O–H groups in total. The zero-order chi connectivity index (χ0) is 14.7. The van der Waals surface area contributed by atoms with Crippen LogP contribution in [0, 0.1) is 13.8 Å². The van der Waals surface area contributed by atoms with E-state index in [0.29, 0.717) is 5.56 Å². The lowest BCUT2D eigenvalue weighted by Gasteiger charge is -2.20. The van der Waals surface area contributed by atoms with E-state index in [1.165, 1.54) is 0 Å². The maximum absolute atomic E-state index is 12.7. The molecular formula is C17H20N2O. The van der Waals surface area contributed by atoms with Gasteiger partial charge in [0.05, 0.1) is 5.56 Å². The minimum Gasteiger partial charge on any atom is -0.387 e. The van der Waals surface area contributed by atoms with Crippen molar-refractivity contribution in [3.8, 4) is 0 Å². The summed E-state index contributed by atoms with van der Waals surface area (Å²) in [5.74, 6) is -0.0105. The van der Waals surface area contributed by atoms with E-state index in [0.717, 1.165) is 22.5 Å². The number of amides is 1. The van der Waals surface area contributed by atoms with E-state index < -0.39 is 0 Å². The van der Waals surface area contributed by atoms with E-state index in [-0.39, 0.29) is 5.91 Å². The first-order valence-corrected chi connectivity index (χ1v) is 6.66. The van der Waals surface area contributed by atoms with Crippen molar-refractivity contribution in [1.29, 1.82) is 0 Å². The summed E-state index contributed by atoms with van der Waals surface area (Å²) in [6, 6.07) is 13.8. The molecule has 0 aliphatic carbocycles. The Morgan fingerprint density at radius 2 is 1.75 bits per heavy atom. The lowest BCUT2D eigenvalue weighted by atomic mass is 10.1. The summed E-state index contributed by atoms with van der Waals surface area (Å²) in [6.07, 6.45) is 0. The number of carbonyl (C=O) groups excluding carboxylic acids is 1. The van der Waals surface area contributed by atoms with Crippen molar-refractivity contribution >= 4 is 17.3 Å². The van der Waals surface area contributed by atoms with Gasteiger partial charge in [-0.15, -0.1) is 0 Å². The first kappa shape index (κ1) is 14.1. The third-order valence-corrected chi connectivity index (χ3v) is 3.37. The summed E-state index contributed by atoms with van der Waals surface area (Å²) in [6.45, 7) is 4.01. The SMILES string of the molecule is CNc1ccc(C)cc1C(=O)N(C)c1cccc(C)c1. The van der Waals surface area contributed by atoms with Gasteiger partial charge in [-0.1, -0.05) is 23.8 Å². The molecular weight excluding hydrogens is 248 g/mol. The Hall–Kier alpha value is -2.29. The van der Waals surface area contributed by atoms with E-state index in [1.54, 1.807) is 11.9 Å². The second-order valence-corrected chi connectivity index (χ2v) is 5.00. The molecule has 0 spiro atoms. The third kappa shape index (κ3) is 2.82. The topological polar surface area (TPSA) is 32.3 Å². The van der Waals surface area contributed by atoms with Crippen molar-refractivity contribution in [3.05, 3.63) is 59.2 Å². The molecule has 2 rings (SSSR count). The van der Waals surface area contributed by atoms with Crippen LogP contribution in [0.4, 0.5) is 11.4 Å². The van der Waals surface area contributed by atoms with Crippen molar-refractivity contribution < 1.29 is 4.79 Å². The first-order valence-electron chi connectivity index (χ1n) is 6.66. The van der Waals surface area contributed by atoms with Gasteiger partial charge in [0, 0.05) is 25.5 Å². The van der Waals surface area contributed by atoms with Gasteiger partial charge in [0.1, 0.15) is 0 Å². The number of nitrogens with one attached hydrogen (secondary N) is 1. The summed E-state index contributed by atoms with van der Waals surface area (Å²) in [5, 5.41) is 3.07. The third-order valence-electron chi connectivity index (χ3n) is 3.37. The fourth-order valence-corrected chi connectivity index (χ4v) is 2.19. The fraction of sp³-hybridized carbons (Fsp3) is 0.235. The molecule has 2 aromatic rings. The Labute approximate surface area is 120 Å². The van der Waals surface area contributed by atoms with Crippen molar-refractivity contribution in [3.63, 3.8) is 0 Å². The highest BCUT2D eigenvalue weighted by Crippen LogP contribution is 2.22. The maximum Gasteiger partial charge on any atom is 0.260 e. The molecule has 1 amide bonds. The van der Waals surface area contributed by atoms with E-state index in [2.05, 4.69) is 5.32 Å². The normalized spacial score (nSPS) is 10.2. The van der Waals surface area contributed by atoms with E-state index in [1.807, 2.05) is 63.4 Å². The molecule has 0 heterocycles. The highest BCUT2D eigenvalue weighted by atomic mass is 16.2. The van der Waals surface area contributed by atoms with Crippen LogP contribution in [-0.4, -0.2) is 20.0 Å². The number of rotatable bonds is 3. The van der Waals surface area contributed by atoms with Crippen LogP contribution < -0.4 is 10.2 Å². The highest BCUT2D eigenvalue weighted by molar-refractivity contribution is 6.09. The number of hydrogen-bond donors (Lipinski definition) is 1. The summed E-state index contributed by atoms with van der Waals surface area (Å²) >= 11 is 0. The first-order chi connectivity index (χ1) is 9.52. The van der Waals surface area contributed by atoms with Crippen molar-refractivity contribution in [1.82, 2.24) is 0 Å². The van der Waals surface area contributed by atoms with Crippen LogP contribution in [0.3, 0.4) is 0 Å². The van der Waals surface area contributed by atoms with Gasteiger partial charge in [-0.2, -0.15) is 0 Å². The van der Waals surface area contributed by atoms with Crippen molar-refractivity contribution in [2.75, 3.05) is 24.3 Å². The molecule has 2 aromatic carbocycles. The molecule has 0 saturated heterocycles. The predicted octanol–water partition coefficient (Wildman–Crippen LogP) is 3.62. The molecule has 0 atom stereocenters. The fourth-order valence-electron chi connectivity index (χ4n) is 2.19. The molecule has 3 nitrogen and oxygen atoms in total. The largest absolute Gasteiger partial charge is 0.387 e. The average molecular weight is 268 g/mol. The van der Waals surface area contributed by atoms with E-state index in [9.17, 15) is 4.79 Å². The molecule has 0 saturated carbocycles. The minimum atomic E-state index is -0.0105. The zero-order valence-electron chi connectivity index (χ0n) is 12.4. The van der Waals surface area contributed by atoms with E-state index in [4.69, 9.17) is 0 Å². The number of anilines is 2. The number of nitrogens with zero attached hydrogens (tertiary/aromatic N) is 1. The van der Waals surface area contributed by atoms with Gasteiger partial charge in [0.15, 0.2) is 0 Å². The van der Waals surface area contributed by atoms with Crippen LogP contribution in [0.5, 0.6) is 0 Å². The van der Waals surface area contributed by atoms with Gasteiger partial charge < -0.3 is 10.2 Å². The Morgan fingerprint density at radius 3 is 2.40 bits per heavy atom. The van der Waals surface area contributed by atoms with E-state index >= 15 is 0 Å². The number of benzene rings is 2. The van der Waals surface area contributed by atoms with Crippen LogP contribution in [0.25, 0.3) is 0 Å². The van der Waals surface area contributed by atoms with Gasteiger partial charge in [0.2, 0.25) is 0 Å². The lowest BCUT2D eigenvalue weighted by Crippen LogP contribution is -2.27.